The Morgan fingerprint density at radius 1 is 1.09 bits per heavy atom. The summed E-state index contributed by atoms with van der Waals surface area (Å²) in [6.45, 7) is -0.224. The fourth-order valence-electron chi connectivity index (χ4n) is 4.04. The number of aromatic nitrogens is 4. The minimum absolute atomic E-state index is 0.0123. The summed E-state index contributed by atoms with van der Waals surface area (Å²) in [7, 11) is 0. The molecule has 5 rings (SSSR count). The van der Waals surface area contributed by atoms with E-state index in [1.807, 2.05) is 0 Å². The summed E-state index contributed by atoms with van der Waals surface area (Å²) in [5.41, 5.74) is 6.77. The van der Waals surface area contributed by atoms with Gasteiger partial charge >= 0.3 is 0 Å². The van der Waals surface area contributed by atoms with E-state index < -0.39 is 35.6 Å². The highest BCUT2D eigenvalue weighted by atomic mass is 16.2. The third-order valence-corrected chi connectivity index (χ3v) is 5.62. The molecule has 35 heavy (non-hydrogen) atoms. The molecule has 1 aromatic carbocycles. The molecular weight excluding hydrogens is 456 g/mol. The number of hydrogen-bond acceptors (Lipinski definition) is 9. The fraction of sp³-hybridized carbons (Fsp3) is 0.182. The summed E-state index contributed by atoms with van der Waals surface area (Å²) in [5, 5.41) is 12.7. The molecule has 0 saturated carbocycles. The van der Waals surface area contributed by atoms with Crippen LogP contribution in [0.15, 0.2) is 42.6 Å². The summed E-state index contributed by atoms with van der Waals surface area (Å²) in [6.07, 6.45) is 1.57. The SMILES string of the molecule is Nc1cccc(-c2cn(CC(=O)Nc3cccc4c3C(=O)N(C3CCC(=O)NC3=O)C4=O)nn2)n1. The third kappa shape index (κ3) is 3.99. The first-order valence-corrected chi connectivity index (χ1v) is 10.6. The second-order valence-electron chi connectivity index (χ2n) is 7.97. The van der Waals surface area contributed by atoms with Crippen LogP contribution in [0, 0.1) is 0 Å². The van der Waals surface area contributed by atoms with Crippen molar-refractivity contribution in [3.63, 3.8) is 0 Å². The minimum atomic E-state index is -1.10. The van der Waals surface area contributed by atoms with Gasteiger partial charge in [0.1, 0.15) is 24.1 Å². The minimum Gasteiger partial charge on any atom is -0.384 e. The highest BCUT2D eigenvalue weighted by Crippen LogP contribution is 2.32. The van der Waals surface area contributed by atoms with Gasteiger partial charge in [0.05, 0.1) is 28.7 Å². The van der Waals surface area contributed by atoms with E-state index in [1.165, 1.54) is 29.1 Å². The monoisotopic (exact) mass is 474 g/mol. The van der Waals surface area contributed by atoms with Crippen LogP contribution in [0.2, 0.25) is 0 Å². The second-order valence-corrected chi connectivity index (χ2v) is 7.97. The van der Waals surface area contributed by atoms with Crippen molar-refractivity contribution in [2.75, 3.05) is 11.1 Å². The molecule has 4 N–H and O–H groups in total. The van der Waals surface area contributed by atoms with Crippen molar-refractivity contribution in [2.24, 2.45) is 0 Å². The molecule has 1 fully saturated rings. The van der Waals surface area contributed by atoms with Crippen LogP contribution in [0.5, 0.6) is 0 Å². The number of nitrogens with one attached hydrogen (secondary N) is 2. The molecule has 0 aliphatic carbocycles. The predicted octanol–water partition coefficient (Wildman–Crippen LogP) is -0.0378. The van der Waals surface area contributed by atoms with Gasteiger partial charge in [0, 0.05) is 6.42 Å². The molecule has 176 valence electrons. The smallest absolute Gasteiger partial charge is 0.264 e. The topological polar surface area (TPSA) is 182 Å². The van der Waals surface area contributed by atoms with Crippen molar-refractivity contribution in [1.29, 1.82) is 0 Å². The van der Waals surface area contributed by atoms with Gasteiger partial charge in [0.2, 0.25) is 17.7 Å². The first kappa shape index (κ1) is 21.9. The number of nitrogen functional groups attached to an aromatic ring is 1. The Morgan fingerprint density at radius 3 is 2.66 bits per heavy atom. The van der Waals surface area contributed by atoms with Crippen molar-refractivity contribution in [2.45, 2.75) is 25.4 Å². The number of carbonyl (C=O) groups is 5. The summed E-state index contributed by atoms with van der Waals surface area (Å²) in [4.78, 5) is 67.4. The van der Waals surface area contributed by atoms with Gasteiger partial charge in [-0.05, 0) is 30.7 Å². The lowest BCUT2D eigenvalue weighted by atomic mass is 10.0. The molecule has 0 bridgehead atoms. The fourth-order valence-corrected chi connectivity index (χ4v) is 4.04. The van der Waals surface area contributed by atoms with Crippen LogP contribution in [-0.2, 0) is 20.9 Å². The lowest BCUT2D eigenvalue weighted by Gasteiger charge is -2.27. The Hall–Kier alpha value is -4.94. The van der Waals surface area contributed by atoms with Gasteiger partial charge in [0.25, 0.3) is 11.8 Å². The number of benzene rings is 1. The zero-order valence-electron chi connectivity index (χ0n) is 18.1. The van der Waals surface area contributed by atoms with Crippen molar-refractivity contribution >= 4 is 41.0 Å². The second kappa shape index (κ2) is 8.44. The number of fused-ring (bicyclic) bond motifs is 1. The van der Waals surface area contributed by atoms with Gasteiger partial charge in [-0.25, -0.2) is 9.67 Å². The molecule has 0 radical (unpaired) electrons. The van der Waals surface area contributed by atoms with E-state index in [-0.39, 0.29) is 36.2 Å². The quantitative estimate of drug-likeness (QED) is 0.427. The average molecular weight is 474 g/mol. The van der Waals surface area contributed by atoms with Crippen LogP contribution in [0.1, 0.15) is 33.6 Å². The number of hydrogen-bond donors (Lipinski definition) is 3. The Labute approximate surface area is 197 Å². The number of anilines is 2. The van der Waals surface area contributed by atoms with E-state index in [2.05, 4.69) is 25.9 Å². The summed E-state index contributed by atoms with van der Waals surface area (Å²) in [6, 6.07) is 8.40. The zero-order valence-corrected chi connectivity index (χ0v) is 18.1. The van der Waals surface area contributed by atoms with Gasteiger partial charge < -0.3 is 11.1 Å². The standard InChI is InChI=1S/C22H18N8O5/c23-16-6-2-4-12(24-16)14-9-29(28-27-14)10-18(32)25-13-5-1-3-11-19(13)22(35)30(21(11)34)15-7-8-17(31)26-20(15)33/h1-6,9,15H,7-8,10H2,(H2,23,24)(H,25,32)(H,26,31,33). The Bertz CT molecular complexity index is 1410. The molecule has 4 heterocycles. The van der Waals surface area contributed by atoms with E-state index in [1.54, 1.807) is 18.2 Å². The normalized spacial score (nSPS) is 17.4. The van der Waals surface area contributed by atoms with Crippen molar-refractivity contribution in [3.8, 4) is 11.4 Å². The summed E-state index contributed by atoms with van der Waals surface area (Å²) >= 11 is 0. The molecule has 13 heteroatoms. The number of nitrogens with two attached hydrogens (primary N) is 1. The maximum Gasteiger partial charge on any atom is 0.264 e. The summed E-state index contributed by atoms with van der Waals surface area (Å²) < 4.78 is 1.29. The highest BCUT2D eigenvalue weighted by molar-refractivity contribution is 6.26. The first-order valence-electron chi connectivity index (χ1n) is 10.6. The van der Waals surface area contributed by atoms with E-state index >= 15 is 0 Å². The lowest BCUT2D eigenvalue weighted by molar-refractivity contribution is -0.136. The lowest BCUT2D eigenvalue weighted by Crippen LogP contribution is -2.54. The highest BCUT2D eigenvalue weighted by Gasteiger charge is 2.45. The number of amides is 5. The van der Waals surface area contributed by atoms with Crippen LogP contribution in [0.25, 0.3) is 11.4 Å². The number of carbonyl (C=O) groups excluding carboxylic acids is 5. The average Bonchev–Trinajstić information content (AvgIpc) is 3.37. The summed E-state index contributed by atoms with van der Waals surface area (Å²) in [5.74, 6) is -2.75. The van der Waals surface area contributed by atoms with E-state index in [0.29, 0.717) is 17.2 Å². The van der Waals surface area contributed by atoms with E-state index in [4.69, 9.17) is 5.73 Å². The Morgan fingerprint density at radius 2 is 1.89 bits per heavy atom. The Balaban J connectivity index is 1.33. The molecule has 0 spiro atoms. The largest absolute Gasteiger partial charge is 0.384 e. The van der Waals surface area contributed by atoms with Gasteiger partial charge in [0.15, 0.2) is 0 Å². The number of imide groups is 2. The van der Waals surface area contributed by atoms with Crippen LogP contribution >= 0.6 is 0 Å². The van der Waals surface area contributed by atoms with E-state index in [9.17, 15) is 24.0 Å². The molecule has 5 amide bonds. The van der Waals surface area contributed by atoms with Crippen molar-refractivity contribution in [3.05, 3.63) is 53.7 Å². The van der Waals surface area contributed by atoms with Crippen LogP contribution in [0.4, 0.5) is 11.5 Å². The third-order valence-electron chi connectivity index (χ3n) is 5.62. The number of piperidine rings is 1. The van der Waals surface area contributed by atoms with Crippen molar-refractivity contribution < 1.29 is 24.0 Å². The maximum absolute atomic E-state index is 13.1. The first-order chi connectivity index (χ1) is 16.8. The molecule has 2 aromatic heterocycles. The molecule has 1 saturated heterocycles. The van der Waals surface area contributed by atoms with Crippen LogP contribution in [0.3, 0.4) is 0 Å². The number of pyridine rings is 1. The van der Waals surface area contributed by atoms with Gasteiger partial charge in [-0.2, -0.15) is 0 Å². The molecule has 2 aliphatic heterocycles. The molecule has 13 nitrogen and oxygen atoms in total. The van der Waals surface area contributed by atoms with Crippen LogP contribution in [-0.4, -0.2) is 60.5 Å². The van der Waals surface area contributed by atoms with Crippen LogP contribution < -0.4 is 16.4 Å². The van der Waals surface area contributed by atoms with E-state index in [0.717, 1.165) is 4.90 Å². The molecular formula is C22H18N8O5. The predicted molar refractivity (Wildman–Crippen MR) is 119 cm³/mol. The number of rotatable bonds is 5. The van der Waals surface area contributed by atoms with Gasteiger partial charge in [-0.1, -0.05) is 17.3 Å². The Kier molecular flexibility index (Phi) is 5.28. The maximum atomic E-state index is 13.1. The zero-order chi connectivity index (χ0) is 24.7. The molecule has 2 aliphatic rings. The molecule has 1 atom stereocenters. The molecule has 3 aromatic rings. The van der Waals surface area contributed by atoms with Crippen molar-refractivity contribution in [1.82, 2.24) is 30.2 Å². The molecule has 1 unspecified atom stereocenters. The van der Waals surface area contributed by atoms with Gasteiger partial charge in [-0.3, -0.25) is 34.2 Å². The number of nitrogens with zero attached hydrogens (tertiary/aromatic N) is 5. The van der Waals surface area contributed by atoms with Gasteiger partial charge in [-0.15, -0.1) is 5.10 Å².